The predicted octanol–water partition coefficient (Wildman–Crippen LogP) is 1.88. The van der Waals surface area contributed by atoms with Crippen molar-refractivity contribution in [1.29, 1.82) is 0 Å². The van der Waals surface area contributed by atoms with Gasteiger partial charge in [0.1, 0.15) is 0 Å². The molecular formula is C13H24N2O3S. The number of carbonyl (C=O) groups is 2. The molecule has 0 spiro atoms. The number of nitrogens with one attached hydrogen (secondary N) is 1. The van der Waals surface area contributed by atoms with Crippen molar-refractivity contribution in [2.24, 2.45) is 11.8 Å². The van der Waals surface area contributed by atoms with Gasteiger partial charge in [-0.1, -0.05) is 6.42 Å². The third-order valence-electron chi connectivity index (χ3n) is 3.88. The van der Waals surface area contributed by atoms with Crippen LogP contribution >= 0.6 is 11.8 Å². The van der Waals surface area contributed by atoms with Crippen molar-refractivity contribution in [1.82, 2.24) is 10.2 Å². The summed E-state index contributed by atoms with van der Waals surface area (Å²) in [6.45, 7) is 2.47. The Labute approximate surface area is 119 Å². The molecule has 1 rings (SSSR count). The van der Waals surface area contributed by atoms with Crippen molar-refractivity contribution in [2.75, 3.05) is 25.6 Å². The first kappa shape index (κ1) is 16.1. The van der Waals surface area contributed by atoms with E-state index in [9.17, 15) is 9.59 Å². The maximum Gasteiger partial charge on any atom is 0.317 e. The molecule has 1 saturated carbocycles. The molecule has 0 saturated heterocycles. The Balaban J connectivity index is 2.39. The summed E-state index contributed by atoms with van der Waals surface area (Å²) < 4.78 is 0. The van der Waals surface area contributed by atoms with Crippen LogP contribution in [-0.2, 0) is 4.79 Å². The average Bonchev–Trinajstić information content (AvgIpc) is 2.83. The lowest BCUT2D eigenvalue weighted by molar-refractivity contribution is -0.142. The van der Waals surface area contributed by atoms with Crippen LogP contribution in [0, 0.1) is 11.8 Å². The lowest BCUT2D eigenvalue weighted by atomic mass is 9.96. The van der Waals surface area contributed by atoms with Gasteiger partial charge in [0.05, 0.1) is 5.92 Å². The first-order chi connectivity index (χ1) is 8.97. The van der Waals surface area contributed by atoms with Crippen molar-refractivity contribution in [2.45, 2.75) is 32.2 Å². The fourth-order valence-electron chi connectivity index (χ4n) is 2.50. The molecule has 1 fully saturated rings. The van der Waals surface area contributed by atoms with Crippen molar-refractivity contribution < 1.29 is 14.7 Å². The van der Waals surface area contributed by atoms with Gasteiger partial charge in [-0.05, 0) is 31.9 Å². The van der Waals surface area contributed by atoms with E-state index >= 15 is 0 Å². The van der Waals surface area contributed by atoms with Gasteiger partial charge in [-0.25, -0.2) is 4.79 Å². The summed E-state index contributed by atoms with van der Waals surface area (Å²) >= 11 is 1.70. The summed E-state index contributed by atoms with van der Waals surface area (Å²) in [5.41, 5.74) is 0. The van der Waals surface area contributed by atoms with Crippen LogP contribution in [0.25, 0.3) is 0 Å². The minimum atomic E-state index is -0.735. The molecule has 2 N–H and O–H groups in total. The van der Waals surface area contributed by atoms with E-state index in [0.29, 0.717) is 6.54 Å². The van der Waals surface area contributed by atoms with Gasteiger partial charge in [-0.15, -0.1) is 0 Å². The van der Waals surface area contributed by atoms with E-state index in [1.165, 1.54) is 0 Å². The van der Waals surface area contributed by atoms with Crippen molar-refractivity contribution in [3.8, 4) is 0 Å². The first-order valence-electron chi connectivity index (χ1n) is 6.69. The number of aliphatic carboxylic acids is 1. The Morgan fingerprint density at radius 2 is 2.16 bits per heavy atom. The Morgan fingerprint density at radius 3 is 2.74 bits per heavy atom. The zero-order valence-corrected chi connectivity index (χ0v) is 12.7. The molecule has 110 valence electrons. The summed E-state index contributed by atoms with van der Waals surface area (Å²) in [5, 5.41) is 12.0. The smallest absolute Gasteiger partial charge is 0.317 e. The Bertz CT molecular complexity index is 325. The van der Waals surface area contributed by atoms with Crippen LogP contribution in [0.2, 0.25) is 0 Å². The highest BCUT2D eigenvalue weighted by Crippen LogP contribution is 2.31. The second-order valence-corrected chi connectivity index (χ2v) is 6.15. The molecule has 0 bridgehead atoms. The van der Waals surface area contributed by atoms with Crippen LogP contribution in [0.3, 0.4) is 0 Å². The highest BCUT2D eigenvalue weighted by atomic mass is 32.2. The van der Waals surface area contributed by atoms with Crippen molar-refractivity contribution in [3.05, 3.63) is 0 Å². The number of urea groups is 1. The third kappa shape index (κ3) is 4.60. The fraction of sp³-hybridized carbons (Fsp3) is 0.846. The molecule has 5 nitrogen and oxygen atoms in total. The molecule has 0 aliphatic heterocycles. The summed E-state index contributed by atoms with van der Waals surface area (Å²) in [7, 11) is 1.78. The number of hydrogen-bond acceptors (Lipinski definition) is 3. The topological polar surface area (TPSA) is 69.6 Å². The first-order valence-corrected chi connectivity index (χ1v) is 8.09. The molecule has 19 heavy (non-hydrogen) atoms. The number of hydrogen-bond donors (Lipinski definition) is 2. The van der Waals surface area contributed by atoms with E-state index in [1.807, 2.05) is 13.2 Å². The Hall–Kier alpha value is -0.910. The number of carboxylic acids is 1. The van der Waals surface area contributed by atoms with Gasteiger partial charge in [-0.3, -0.25) is 4.79 Å². The summed E-state index contributed by atoms with van der Waals surface area (Å²) in [6, 6.07) is 0.0615. The standard InChI is InChI=1S/C13H24N2O3S/c1-9(8-19-3)15(2)13(18)14-7-10-5-4-6-11(10)12(16)17/h9-11H,4-8H2,1-3H3,(H,14,18)(H,16,17). The number of carboxylic acid groups (broad SMARTS) is 1. The molecule has 6 heteroatoms. The van der Waals surface area contributed by atoms with Gasteiger partial charge in [-0.2, -0.15) is 11.8 Å². The minimum absolute atomic E-state index is 0.0747. The number of amides is 2. The van der Waals surface area contributed by atoms with Gasteiger partial charge in [0.25, 0.3) is 0 Å². The second kappa shape index (κ2) is 7.62. The van der Waals surface area contributed by atoms with Gasteiger partial charge < -0.3 is 15.3 Å². The summed E-state index contributed by atoms with van der Waals surface area (Å²) in [6.07, 6.45) is 4.57. The minimum Gasteiger partial charge on any atom is -0.481 e. The molecular weight excluding hydrogens is 264 g/mol. The third-order valence-corrected chi connectivity index (χ3v) is 4.70. The van der Waals surface area contributed by atoms with Gasteiger partial charge in [0, 0.05) is 25.4 Å². The molecule has 0 radical (unpaired) electrons. The lowest BCUT2D eigenvalue weighted by Gasteiger charge is -2.26. The quantitative estimate of drug-likeness (QED) is 0.783. The Morgan fingerprint density at radius 1 is 1.47 bits per heavy atom. The maximum atomic E-state index is 12.0. The van der Waals surface area contributed by atoms with Crippen LogP contribution < -0.4 is 5.32 Å². The van der Waals surface area contributed by atoms with Crippen molar-refractivity contribution in [3.63, 3.8) is 0 Å². The fourth-order valence-corrected chi connectivity index (χ4v) is 3.21. The number of rotatable bonds is 6. The van der Waals surface area contributed by atoms with Gasteiger partial charge >= 0.3 is 12.0 Å². The average molecular weight is 288 g/mol. The summed E-state index contributed by atoms with van der Waals surface area (Å²) in [4.78, 5) is 24.7. The van der Waals surface area contributed by atoms with E-state index in [-0.39, 0.29) is 23.9 Å². The van der Waals surface area contributed by atoms with Crippen LogP contribution in [0.1, 0.15) is 26.2 Å². The van der Waals surface area contributed by atoms with E-state index in [4.69, 9.17) is 5.11 Å². The zero-order valence-electron chi connectivity index (χ0n) is 11.9. The Kier molecular flexibility index (Phi) is 6.48. The molecule has 2 amide bonds. The molecule has 3 unspecified atom stereocenters. The number of carbonyl (C=O) groups excluding carboxylic acids is 1. The molecule has 1 aliphatic rings. The SMILES string of the molecule is CSCC(C)N(C)C(=O)NCC1CCCC1C(=O)O. The van der Waals surface area contributed by atoms with E-state index in [0.717, 1.165) is 25.0 Å². The van der Waals surface area contributed by atoms with Gasteiger partial charge in [0.2, 0.25) is 0 Å². The zero-order chi connectivity index (χ0) is 14.4. The normalized spacial score (nSPS) is 23.9. The highest BCUT2D eigenvalue weighted by Gasteiger charge is 2.33. The second-order valence-electron chi connectivity index (χ2n) is 5.24. The van der Waals surface area contributed by atoms with Gasteiger partial charge in [0.15, 0.2) is 0 Å². The lowest BCUT2D eigenvalue weighted by Crippen LogP contribution is -2.45. The molecule has 1 aliphatic carbocycles. The molecule has 0 aromatic heterocycles. The maximum absolute atomic E-state index is 12.0. The van der Waals surface area contributed by atoms with Crippen LogP contribution in [0.5, 0.6) is 0 Å². The number of nitrogens with zero attached hydrogens (tertiary/aromatic N) is 1. The summed E-state index contributed by atoms with van der Waals surface area (Å²) in [5.74, 6) is -0.0637. The monoisotopic (exact) mass is 288 g/mol. The largest absolute Gasteiger partial charge is 0.481 e. The predicted molar refractivity (Wildman–Crippen MR) is 77.5 cm³/mol. The molecule has 3 atom stereocenters. The van der Waals surface area contributed by atoms with Crippen LogP contribution in [0.4, 0.5) is 4.79 Å². The highest BCUT2D eigenvalue weighted by molar-refractivity contribution is 7.98. The molecule has 0 heterocycles. The van der Waals surface area contributed by atoms with E-state index in [1.54, 1.807) is 23.7 Å². The molecule has 0 aromatic carbocycles. The van der Waals surface area contributed by atoms with Crippen LogP contribution in [0.15, 0.2) is 0 Å². The number of thioether (sulfide) groups is 1. The van der Waals surface area contributed by atoms with Crippen LogP contribution in [-0.4, -0.2) is 53.6 Å². The van der Waals surface area contributed by atoms with Crippen molar-refractivity contribution >= 4 is 23.8 Å². The van der Waals surface area contributed by atoms with E-state index in [2.05, 4.69) is 5.32 Å². The molecule has 0 aromatic rings. The van der Waals surface area contributed by atoms with E-state index < -0.39 is 5.97 Å².